The van der Waals surface area contributed by atoms with E-state index in [-0.39, 0.29) is 17.9 Å². The molecular formula is C22H34N4O3. The number of nitrogens with two attached hydrogens (primary N) is 1. The highest BCUT2D eigenvalue weighted by atomic mass is 16.5. The molecule has 0 radical (unpaired) electrons. The third-order valence-corrected chi connectivity index (χ3v) is 6.38. The first kappa shape index (κ1) is 20.4. The normalized spacial score (nSPS) is 23.3. The van der Waals surface area contributed by atoms with Crippen LogP contribution in [0, 0.1) is 11.8 Å². The van der Waals surface area contributed by atoms with Gasteiger partial charge in [-0.1, -0.05) is 25.7 Å². The van der Waals surface area contributed by atoms with Gasteiger partial charge in [0.25, 0.3) is 0 Å². The Morgan fingerprint density at radius 2 is 2.00 bits per heavy atom. The highest BCUT2D eigenvalue weighted by molar-refractivity contribution is 6.01. The quantitative estimate of drug-likeness (QED) is 0.636. The second-order valence-electron chi connectivity index (χ2n) is 9.46. The molecule has 0 spiro atoms. The van der Waals surface area contributed by atoms with Crippen molar-refractivity contribution in [1.82, 2.24) is 9.97 Å². The second-order valence-corrected chi connectivity index (χ2v) is 9.46. The molecule has 1 aliphatic carbocycles. The van der Waals surface area contributed by atoms with Crippen molar-refractivity contribution in [2.24, 2.45) is 11.8 Å². The molecule has 1 aromatic rings. The lowest BCUT2D eigenvalue weighted by Crippen LogP contribution is -2.34. The van der Waals surface area contributed by atoms with E-state index in [0.29, 0.717) is 36.7 Å². The lowest BCUT2D eigenvalue weighted by Gasteiger charge is -2.35. The number of aromatic nitrogens is 2. The van der Waals surface area contributed by atoms with Crippen LogP contribution < -0.4 is 15.4 Å². The maximum atomic E-state index is 12.5. The lowest BCUT2D eigenvalue weighted by molar-refractivity contribution is -0.117. The van der Waals surface area contributed by atoms with Gasteiger partial charge in [0.2, 0.25) is 5.91 Å². The molecule has 7 nitrogen and oxygen atoms in total. The standard InChI is InChI=1S/C22H34N4O3/c1-22(2)14-16(9-12-29-22)5-3-4-10-26-18(27)13-17-19(23)24-21(25-20(17)26)28-11-8-15-6-7-15/h15-16H,3-14H2,1-2H3,(H2,23,24,25). The van der Waals surface area contributed by atoms with Crippen LogP contribution in [-0.2, 0) is 16.0 Å². The van der Waals surface area contributed by atoms with Crippen LogP contribution in [0.4, 0.5) is 11.6 Å². The zero-order valence-electron chi connectivity index (χ0n) is 17.8. The molecule has 3 aliphatic rings. The molecule has 1 amide bonds. The Morgan fingerprint density at radius 3 is 2.76 bits per heavy atom. The van der Waals surface area contributed by atoms with E-state index in [2.05, 4.69) is 23.8 Å². The maximum absolute atomic E-state index is 12.5. The topological polar surface area (TPSA) is 90.6 Å². The third kappa shape index (κ3) is 5.18. The van der Waals surface area contributed by atoms with Crippen molar-refractivity contribution < 1.29 is 14.3 Å². The van der Waals surface area contributed by atoms with Crippen molar-refractivity contribution >= 4 is 17.5 Å². The molecule has 1 saturated carbocycles. The average Bonchev–Trinajstić information content (AvgIpc) is 3.42. The number of hydrogen-bond acceptors (Lipinski definition) is 6. The van der Waals surface area contributed by atoms with Crippen LogP contribution in [0.15, 0.2) is 0 Å². The molecule has 160 valence electrons. The van der Waals surface area contributed by atoms with Crippen molar-refractivity contribution in [3.05, 3.63) is 5.56 Å². The van der Waals surface area contributed by atoms with E-state index in [1.165, 1.54) is 19.3 Å². The van der Waals surface area contributed by atoms with Crippen LogP contribution in [0.1, 0.15) is 70.8 Å². The van der Waals surface area contributed by atoms with Gasteiger partial charge in [0.1, 0.15) is 11.6 Å². The number of hydrogen-bond donors (Lipinski definition) is 1. The van der Waals surface area contributed by atoms with E-state index in [1.54, 1.807) is 4.90 Å². The largest absolute Gasteiger partial charge is 0.463 e. The predicted molar refractivity (Wildman–Crippen MR) is 112 cm³/mol. The molecule has 1 atom stereocenters. The smallest absolute Gasteiger partial charge is 0.320 e. The van der Waals surface area contributed by atoms with E-state index in [9.17, 15) is 4.79 Å². The second kappa shape index (κ2) is 8.46. The SMILES string of the molecule is CC1(C)CC(CCCCN2C(=O)Cc3c(N)nc(OCCC4CC4)nc32)CCO1. The average molecular weight is 403 g/mol. The summed E-state index contributed by atoms with van der Waals surface area (Å²) in [7, 11) is 0. The summed E-state index contributed by atoms with van der Waals surface area (Å²) in [6, 6.07) is 0.297. The first-order chi connectivity index (χ1) is 13.9. The first-order valence-corrected chi connectivity index (χ1v) is 11.1. The molecular weight excluding hydrogens is 368 g/mol. The van der Waals surface area contributed by atoms with Crippen LogP contribution >= 0.6 is 0 Å². The minimum Gasteiger partial charge on any atom is -0.463 e. The van der Waals surface area contributed by atoms with Crippen LogP contribution in [0.3, 0.4) is 0 Å². The Kier molecular flexibility index (Phi) is 5.95. The van der Waals surface area contributed by atoms with E-state index in [1.807, 2.05) is 0 Å². The summed E-state index contributed by atoms with van der Waals surface area (Å²) in [5, 5.41) is 0. The zero-order valence-corrected chi connectivity index (χ0v) is 17.8. The number of amides is 1. The van der Waals surface area contributed by atoms with Gasteiger partial charge >= 0.3 is 6.01 Å². The number of carbonyl (C=O) groups excluding carboxylic acids is 1. The third-order valence-electron chi connectivity index (χ3n) is 6.38. The number of fused-ring (bicyclic) bond motifs is 1. The van der Waals surface area contributed by atoms with Crippen molar-refractivity contribution in [2.45, 2.75) is 77.2 Å². The van der Waals surface area contributed by atoms with Crippen molar-refractivity contribution in [3.8, 4) is 6.01 Å². The molecule has 1 aromatic heterocycles. The highest BCUT2D eigenvalue weighted by Gasteiger charge is 2.32. The number of carbonyl (C=O) groups is 1. The summed E-state index contributed by atoms with van der Waals surface area (Å²) in [6.45, 7) is 6.49. The van der Waals surface area contributed by atoms with E-state index in [0.717, 1.165) is 50.2 Å². The molecule has 2 N–H and O–H groups in total. The Bertz CT molecular complexity index is 748. The molecule has 3 heterocycles. The number of nitrogen functional groups attached to an aromatic ring is 1. The fourth-order valence-electron chi connectivity index (χ4n) is 4.55. The predicted octanol–water partition coefficient (Wildman–Crippen LogP) is 3.50. The molecule has 1 saturated heterocycles. The van der Waals surface area contributed by atoms with Gasteiger partial charge in [-0.25, -0.2) is 0 Å². The van der Waals surface area contributed by atoms with Crippen molar-refractivity contribution in [3.63, 3.8) is 0 Å². The van der Waals surface area contributed by atoms with Gasteiger partial charge in [-0.05, 0) is 51.4 Å². The molecule has 2 aliphatic heterocycles. The molecule has 0 aromatic carbocycles. The summed E-state index contributed by atoms with van der Waals surface area (Å²) in [5.41, 5.74) is 6.84. The van der Waals surface area contributed by atoms with Gasteiger partial charge in [-0.3, -0.25) is 9.69 Å². The van der Waals surface area contributed by atoms with Gasteiger partial charge in [-0.15, -0.1) is 0 Å². The summed E-state index contributed by atoms with van der Waals surface area (Å²) >= 11 is 0. The van der Waals surface area contributed by atoms with E-state index < -0.39 is 0 Å². The number of unbranched alkanes of at least 4 members (excludes halogenated alkanes) is 1. The van der Waals surface area contributed by atoms with Crippen molar-refractivity contribution in [1.29, 1.82) is 0 Å². The summed E-state index contributed by atoms with van der Waals surface area (Å²) in [6.07, 6.45) is 9.42. The number of rotatable bonds is 9. The number of anilines is 2. The fraction of sp³-hybridized carbons (Fsp3) is 0.773. The van der Waals surface area contributed by atoms with E-state index in [4.69, 9.17) is 15.2 Å². The number of nitrogens with zero attached hydrogens (tertiary/aromatic N) is 3. The van der Waals surface area contributed by atoms with Crippen LogP contribution in [0.2, 0.25) is 0 Å². The van der Waals surface area contributed by atoms with E-state index >= 15 is 0 Å². The molecule has 29 heavy (non-hydrogen) atoms. The summed E-state index contributed by atoms with van der Waals surface area (Å²) in [4.78, 5) is 23.1. The molecule has 4 rings (SSSR count). The van der Waals surface area contributed by atoms with Gasteiger partial charge in [-0.2, -0.15) is 9.97 Å². The first-order valence-electron chi connectivity index (χ1n) is 11.1. The lowest BCUT2D eigenvalue weighted by atomic mass is 9.85. The molecule has 0 bridgehead atoms. The van der Waals surface area contributed by atoms with Crippen molar-refractivity contribution in [2.75, 3.05) is 30.4 Å². The molecule has 2 fully saturated rings. The Labute approximate surface area is 173 Å². The maximum Gasteiger partial charge on any atom is 0.320 e. The Hall–Kier alpha value is -1.89. The fourth-order valence-corrected chi connectivity index (χ4v) is 4.55. The van der Waals surface area contributed by atoms with Gasteiger partial charge < -0.3 is 15.2 Å². The number of ether oxygens (including phenoxy) is 2. The minimum atomic E-state index is -0.00285. The minimum absolute atomic E-state index is 0.00285. The molecule has 7 heteroatoms. The Morgan fingerprint density at radius 1 is 1.17 bits per heavy atom. The monoisotopic (exact) mass is 402 g/mol. The zero-order chi connectivity index (χ0) is 20.4. The van der Waals surface area contributed by atoms with Gasteiger partial charge in [0.05, 0.1) is 18.6 Å². The van der Waals surface area contributed by atoms with Crippen LogP contribution in [-0.4, -0.2) is 41.2 Å². The Balaban J connectivity index is 1.30. The van der Waals surface area contributed by atoms with Crippen LogP contribution in [0.25, 0.3) is 0 Å². The van der Waals surface area contributed by atoms with Gasteiger partial charge in [0, 0.05) is 18.7 Å². The molecule has 1 unspecified atom stereocenters. The summed E-state index contributed by atoms with van der Waals surface area (Å²) in [5.74, 6) is 2.59. The highest BCUT2D eigenvalue weighted by Crippen LogP contribution is 2.35. The summed E-state index contributed by atoms with van der Waals surface area (Å²) < 4.78 is 11.5. The van der Waals surface area contributed by atoms with Crippen LogP contribution in [0.5, 0.6) is 6.01 Å². The van der Waals surface area contributed by atoms with Gasteiger partial charge in [0.15, 0.2) is 0 Å².